The molecule has 26 heteroatoms. The number of aliphatic hydroxyl groups is 2. The van der Waals surface area contributed by atoms with Crippen LogP contribution >= 0.6 is 23.2 Å². The van der Waals surface area contributed by atoms with Gasteiger partial charge in [-0.25, -0.2) is 26.3 Å². The van der Waals surface area contributed by atoms with Gasteiger partial charge in [-0.1, -0.05) is 73.5 Å². The van der Waals surface area contributed by atoms with Crippen LogP contribution in [0.15, 0.2) is 97.1 Å². The second-order valence-electron chi connectivity index (χ2n) is 29.3. The van der Waals surface area contributed by atoms with Gasteiger partial charge in [-0.15, -0.1) is 0 Å². The van der Waals surface area contributed by atoms with Crippen LogP contribution < -0.4 is 28.7 Å². The van der Waals surface area contributed by atoms with E-state index >= 15 is 17.6 Å². The molecule has 2 saturated carbocycles. The van der Waals surface area contributed by atoms with E-state index in [0.29, 0.717) is 72.1 Å². The minimum atomic E-state index is -4.19. The Balaban J connectivity index is 0.000000198. The molecule has 0 radical (unpaired) electrons. The molecular formula is C72H88Cl2F4N6O12S2. The van der Waals surface area contributed by atoms with Crippen LogP contribution in [-0.2, 0) is 53.3 Å². The first-order chi connectivity index (χ1) is 46.0. The summed E-state index contributed by atoms with van der Waals surface area (Å²) in [5.41, 5.74) is -1.00. The van der Waals surface area contributed by atoms with Crippen molar-refractivity contribution < 1.29 is 73.3 Å². The predicted molar refractivity (Wildman–Crippen MR) is 368 cm³/mol. The highest BCUT2D eigenvalue weighted by Crippen LogP contribution is 2.55. The Morgan fingerprint density at radius 2 is 0.959 bits per heavy atom. The highest BCUT2D eigenvalue weighted by Gasteiger charge is 2.66. The van der Waals surface area contributed by atoms with E-state index in [1.807, 2.05) is 46.2 Å². The molecular weight excluding hydrogens is 1350 g/mol. The van der Waals surface area contributed by atoms with Gasteiger partial charge in [0.15, 0.2) is 11.2 Å². The molecule has 2 spiro atoms. The third-order valence-electron chi connectivity index (χ3n) is 22.6. The lowest BCUT2D eigenvalue weighted by Crippen LogP contribution is -2.64. The Labute approximate surface area is 581 Å². The molecule has 2 fully saturated rings. The summed E-state index contributed by atoms with van der Waals surface area (Å²) >= 11 is 12.8. The number of hydrogen-bond donors (Lipinski definition) is 4. The van der Waals surface area contributed by atoms with Gasteiger partial charge in [0.05, 0.1) is 35.1 Å². The number of nitrogens with zero attached hydrogens (tertiary/aromatic N) is 4. The zero-order chi connectivity index (χ0) is 71.0. The monoisotopic (exact) mass is 1440 g/mol. The van der Waals surface area contributed by atoms with Crippen molar-refractivity contribution in [1.29, 1.82) is 0 Å². The van der Waals surface area contributed by atoms with Crippen molar-refractivity contribution in [3.8, 4) is 11.5 Å². The molecule has 4 aromatic rings. The number of sulfonamides is 2. The zero-order valence-electron chi connectivity index (χ0n) is 56.4. The summed E-state index contributed by atoms with van der Waals surface area (Å²) in [4.78, 5) is 58.4. The molecule has 12 atom stereocenters. The minimum Gasteiger partial charge on any atom is -0.490 e. The Bertz CT molecular complexity index is 3830. The van der Waals surface area contributed by atoms with Gasteiger partial charge < -0.3 is 39.3 Å². The number of rotatable bonds is 4. The molecule has 98 heavy (non-hydrogen) atoms. The standard InChI is InChI=1S/2C36H44ClF2N3O6S/c2*1-22-7-5-16-35(45,36(38,39)33(44)41(3)4)29-12-9-26(29)19-42-20-34(15-6-8-24-17-27(37)11-13-28(24)34)21-48-31-14-10-25(18-30(31)42)32(43)40-49(46,47)23(22)2/h2*5,10-11,13-14,16-18,22-23,26,29,45H,6-9,12,15,19-21H2,1-4H3,(H,40,43)/b2*16-5+/t22-,23+,26-,29+,34-,35+;22-,23+,26-,29+,34-,35-/m00/s1. The van der Waals surface area contributed by atoms with Crippen molar-refractivity contribution in [1.82, 2.24) is 19.2 Å². The lowest BCUT2D eigenvalue weighted by Gasteiger charge is -2.50. The van der Waals surface area contributed by atoms with Crippen LogP contribution in [0.2, 0.25) is 10.0 Å². The molecule has 4 aliphatic heterocycles. The SMILES string of the molecule is C[C@@H]1[C@@H](C)C/C=C/[C@@](O)(C(F)(F)C(=O)N(C)C)[C@@H]2CC[C@H]2CN2C[C@@]3(CCCc4cc(Cl)ccc43)COc3ccc(cc32)C(=O)NS1(=O)=O.C[C@@H]1[C@@H](C)C/C=C/[C@](O)(C(F)(F)C(=O)N(C)C)[C@@H]2CC[C@H]2CN2C[C@@]3(CCCc4cc(Cl)ccc43)COc3ccc(cc32)C(=O)NS1(=O)=O. The fraction of sp³-hybridized carbons (Fsp3) is 0.556. The molecule has 0 unspecified atom stereocenters. The first-order valence-electron chi connectivity index (χ1n) is 33.7. The number of benzene rings is 4. The van der Waals surface area contributed by atoms with E-state index in [-0.39, 0.29) is 49.9 Å². The number of carbonyl (C=O) groups excluding carboxylic acids is 4. The molecule has 4 amide bonds. The Morgan fingerprint density at radius 3 is 1.31 bits per heavy atom. The first kappa shape index (κ1) is 72.8. The van der Waals surface area contributed by atoms with Gasteiger partial charge in [0.2, 0.25) is 20.0 Å². The number of fused-ring (bicyclic) bond motifs is 8. The molecule has 0 saturated heterocycles. The summed E-state index contributed by atoms with van der Waals surface area (Å²) in [6.07, 6.45) is 11.3. The average molecular weight is 1440 g/mol. The van der Waals surface area contributed by atoms with Gasteiger partial charge in [0, 0.05) is 98.2 Å². The van der Waals surface area contributed by atoms with Crippen LogP contribution in [0.1, 0.15) is 135 Å². The van der Waals surface area contributed by atoms with E-state index in [0.717, 1.165) is 82.7 Å². The number of ether oxygens (including phenoxy) is 2. The third kappa shape index (κ3) is 13.3. The third-order valence-corrected chi connectivity index (χ3v) is 26.9. The normalized spacial score (nSPS) is 32.0. The summed E-state index contributed by atoms with van der Waals surface area (Å²) in [6.45, 7) is 8.05. The van der Waals surface area contributed by atoms with Crippen LogP contribution in [0.25, 0.3) is 0 Å². The maximum absolute atomic E-state index is 16.2. The quantitative estimate of drug-likeness (QED) is 0.110. The zero-order valence-corrected chi connectivity index (χ0v) is 59.6. The molecule has 4 aromatic carbocycles. The van der Waals surface area contributed by atoms with Crippen LogP contribution in [0.5, 0.6) is 11.5 Å². The predicted octanol–water partition coefficient (Wildman–Crippen LogP) is 10.7. The van der Waals surface area contributed by atoms with Gasteiger partial charge in [-0.05, 0) is 197 Å². The van der Waals surface area contributed by atoms with E-state index in [1.165, 1.54) is 66.3 Å². The second kappa shape index (κ2) is 27.2. The van der Waals surface area contributed by atoms with E-state index in [1.54, 1.807) is 38.1 Å². The highest BCUT2D eigenvalue weighted by molar-refractivity contribution is 7.91. The molecule has 0 aromatic heterocycles. The molecule has 532 valence electrons. The molecule has 8 aliphatic rings. The topological polar surface area (TPSA) is 232 Å². The highest BCUT2D eigenvalue weighted by atomic mass is 35.5. The van der Waals surface area contributed by atoms with Crippen molar-refractivity contribution in [2.45, 2.75) is 149 Å². The van der Waals surface area contributed by atoms with Crippen molar-refractivity contribution in [2.75, 3.05) is 77.4 Å². The number of aryl methyl sites for hydroxylation is 2. The summed E-state index contributed by atoms with van der Waals surface area (Å²) in [7, 11) is -3.48. The smallest absolute Gasteiger partial charge is 0.356 e. The van der Waals surface area contributed by atoms with E-state index in [9.17, 15) is 46.2 Å². The van der Waals surface area contributed by atoms with Crippen LogP contribution in [0, 0.1) is 35.5 Å². The Kier molecular flexibility index (Phi) is 20.2. The lowest BCUT2D eigenvalue weighted by atomic mass is 9.62. The van der Waals surface area contributed by atoms with Crippen molar-refractivity contribution in [3.05, 3.63) is 141 Å². The molecule has 18 nitrogen and oxygen atoms in total. The molecule has 4 aliphatic carbocycles. The van der Waals surface area contributed by atoms with Crippen molar-refractivity contribution >= 4 is 78.3 Å². The molecule has 4 N–H and O–H groups in total. The van der Waals surface area contributed by atoms with Crippen LogP contribution in [0.3, 0.4) is 0 Å². The number of hydrogen-bond acceptors (Lipinski definition) is 14. The van der Waals surface area contributed by atoms with Crippen LogP contribution in [0.4, 0.5) is 28.9 Å². The van der Waals surface area contributed by atoms with Gasteiger partial charge in [0.1, 0.15) is 11.5 Å². The summed E-state index contributed by atoms with van der Waals surface area (Å²) in [6, 6.07) is 21.2. The number of alkyl halides is 4. The number of anilines is 2. The van der Waals surface area contributed by atoms with Crippen molar-refractivity contribution in [3.63, 3.8) is 0 Å². The second-order valence-corrected chi connectivity index (χ2v) is 34.2. The molecule has 4 bridgehead atoms. The lowest BCUT2D eigenvalue weighted by molar-refractivity contribution is -0.214. The van der Waals surface area contributed by atoms with Gasteiger partial charge >= 0.3 is 11.8 Å². The molecule has 4 heterocycles. The number of amides is 4. The van der Waals surface area contributed by atoms with Gasteiger partial charge in [-0.3, -0.25) is 19.2 Å². The number of allylic oxidation sites excluding steroid dienone is 2. The maximum atomic E-state index is 16.2. The maximum Gasteiger partial charge on any atom is 0.356 e. The largest absolute Gasteiger partial charge is 0.490 e. The fourth-order valence-corrected chi connectivity index (χ4v) is 19.1. The van der Waals surface area contributed by atoms with E-state index in [2.05, 4.69) is 9.44 Å². The minimum absolute atomic E-state index is 0.0104. The van der Waals surface area contributed by atoms with Gasteiger partial charge in [0.25, 0.3) is 23.6 Å². The van der Waals surface area contributed by atoms with Gasteiger partial charge in [-0.2, -0.15) is 17.6 Å². The Morgan fingerprint density at radius 1 is 0.582 bits per heavy atom. The number of carbonyl (C=O) groups is 4. The van der Waals surface area contributed by atoms with E-state index < -0.39 is 124 Å². The summed E-state index contributed by atoms with van der Waals surface area (Å²) in [5.74, 6) is -16.1. The molecule has 12 rings (SSSR count). The summed E-state index contributed by atoms with van der Waals surface area (Å²) < 4.78 is 136. The first-order valence-corrected chi connectivity index (χ1v) is 37.6. The number of nitrogens with one attached hydrogen (secondary N) is 2. The van der Waals surface area contributed by atoms with Crippen LogP contribution in [-0.4, -0.2) is 162 Å². The number of halogens is 6. The average Bonchev–Trinajstić information content (AvgIpc) is 0.978. The Hall–Kier alpha value is -6.44. The van der Waals surface area contributed by atoms with E-state index in [4.69, 9.17) is 32.7 Å². The van der Waals surface area contributed by atoms with Crippen molar-refractivity contribution in [2.24, 2.45) is 35.5 Å². The fourth-order valence-electron chi connectivity index (χ4n) is 16.1. The summed E-state index contributed by atoms with van der Waals surface area (Å²) in [5, 5.41) is 23.1.